The van der Waals surface area contributed by atoms with Crippen LogP contribution in [0.3, 0.4) is 0 Å². The number of ether oxygens (including phenoxy) is 3. The van der Waals surface area contributed by atoms with Gasteiger partial charge in [-0.25, -0.2) is 0 Å². The molecule has 0 fully saturated rings. The summed E-state index contributed by atoms with van der Waals surface area (Å²) in [5.41, 5.74) is -1.05. The van der Waals surface area contributed by atoms with E-state index < -0.39 is 10.5 Å². The Morgan fingerprint density at radius 1 is 1.00 bits per heavy atom. The van der Waals surface area contributed by atoms with Gasteiger partial charge >= 0.3 is 5.69 Å². The van der Waals surface area contributed by atoms with Crippen LogP contribution in [0.5, 0.6) is 17.2 Å². The molecule has 0 aliphatic carbocycles. The summed E-state index contributed by atoms with van der Waals surface area (Å²) in [7, 11) is 0. The molecule has 0 radical (unpaired) electrons. The number of halogens is 1. The zero-order chi connectivity index (χ0) is 22.4. The van der Waals surface area contributed by atoms with Gasteiger partial charge in [-0.05, 0) is 70.5 Å². The number of rotatable bonds is 11. The van der Waals surface area contributed by atoms with Gasteiger partial charge in [0.05, 0.1) is 17.1 Å². The normalized spacial score (nSPS) is 11.9. The average molecular weight is 438 g/mol. The Morgan fingerprint density at radius 2 is 1.63 bits per heavy atom. The molecule has 7 nitrogen and oxygen atoms in total. The highest BCUT2D eigenvalue weighted by Gasteiger charge is 2.23. The third kappa shape index (κ3) is 7.48. The molecule has 0 bridgehead atoms. The lowest BCUT2D eigenvalue weighted by Gasteiger charge is -2.30. The molecule has 0 amide bonds. The van der Waals surface area contributed by atoms with Gasteiger partial charge in [-0.15, -0.1) is 0 Å². The SMILES string of the molecule is CC(C)(CCO)OCCC(C)(C)Oc1ccc(Oc2ccc(Cl)cc2[N+](=O)[O-])cc1. The van der Waals surface area contributed by atoms with Crippen LogP contribution in [0.2, 0.25) is 5.02 Å². The van der Waals surface area contributed by atoms with Crippen molar-refractivity contribution < 1.29 is 24.2 Å². The molecule has 0 aliphatic heterocycles. The second-order valence-electron chi connectivity index (χ2n) is 8.14. The first-order chi connectivity index (χ1) is 14.0. The maximum atomic E-state index is 11.2. The summed E-state index contributed by atoms with van der Waals surface area (Å²) in [6.45, 7) is 8.41. The summed E-state index contributed by atoms with van der Waals surface area (Å²) in [5, 5.41) is 20.5. The van der Waals surface area contributed by atoms with E-state index in [-0.39, 0.29) is 28.7 Å². The minimum Gasteiger partial charge on any atom is -0.488 e. The molecule has 0 saturated carbocycles. The first-order valence-corrected chi connectivity index (χ1v) is 10.0. The predicted molar refractivity (Wildman–Crippen MR) is 116 cm³/mol. The van der Waals surface area contributed by atoms with Crippen LogP contribution in [0.15, 0.2) is 42.5 Å². The van der Waals surface area contributed by atoms with Crippen LogP contribution in [0, 0.1) is 10.1 Å². The number of hydrogen-bond acceptors (Lipinski definition) is 6. The third-order valence-corrected chi connectivity index (χ3v) is 4.71. The number of aliphatic hydroxyl groups excluding tert-OH is 1. The lowest BCUT2D eigenvalue weighted by molar-refractivity contribution is -0.385. The molecule has 0 aromatic heterocycles. The Morgan fingerprint density at radius 3 is 2.23 bits per heavy atom. The fourth-order valence-corrected chi connectivity index (χ4v) is 2.87. The topological polar surface area (TPSA) is 91.1 Å². The Bertz CT molecular complexity index is 851. The van der Waals surface area contributed by atoms with Crippen molar-refractivity contribution in [2.75, 3.05) is 13.2 Å². The number of nitro benzene ring substituents is 1. The summed E-state index contributed by atoms with van der Waals surface area (Å²) in [6, 6.07) is 11.1. The molecule has 0 atom stereocenters. The van der Waals surface area contributed by atoms with E-state index in [9.17, 15) is 10.1 Å². The van der Waals surface area contributed by atoms with Crippen LogP contribution in [-0.2, 0) is 4.74 Å². The highest BCUT2D eigenvalue weighted by Crippen LogP contribution is 2.34. The molecule has 8 heteroatoms. The van der Waals surface area contributed by atoms with Crippen LogP contribution in [0.1, 0.15) is 40.5 Å². The Hall–Kier alpha value is -2.35. The molecule has 2 aromatic carbocycles. The van der Waals surface area contributed by atoms with Gasteiger partial charge in [0.25, 0.3) is 0 Å². The van der Waals surface area contributed by atoms with Crippen LogP contribution in [0.25, 0.3) is 0 Å². The van der Waals surface area contributed by atoms with Crippen molar-refractivity contribution in [3.05, 3.63) is 57.6 Å². The first kappa shape index (κ1) is 23.9. The van der Waals surface area contributed by atoms with E-state index in [2.05, 4.69) is 0 Å². The maximum absolute atomic E-state index is 11.2. The van der Waals surface area contributed by atoms with E-state index in [4.69, 9.17) is 30.9 Å². The minimum absolute atomic E-state index is 0.0838. The summed E-state index contributed by atoms with van der Waals surface area (Å²) >= 11 is 5.83. The van der Waals surface area contributed by atoms with E-state index >= 15 is 0 Å². The van der Waals surface area contributed by atoms with Gasteiger partial charge in [-0.1, -0.05) is 11.6 Å². The lowest BCUT2D eigenvalue weighted by Crippen LogP contribution is -2.33. The second kappa shape index (κ2) is 10.1. The molecule has 1 N–H and O–H groups in total. The molecule has 0 saturated heterocycles. The summed E-state index contributed by atoms with van der Waals surface area (Å²) < 4.78 is 17.5. The van der Waals surface area contributed by atoms with Crippen molar-refractivity contribution in [1.82, 2.24) is 0 Å². The molecule has 0 heterocycles. The van der Waals surface area contributed by atoms with Crippen molar-refractivity contribution in [1.29, 1.82) is 0 Å². The average Bonchev–Trinajstić information content (AvgIpc) is 2.64. The van der Waals surface area contributed by atoms with E-state index in [1.807, 2.05) is 27.7 Å². The van der Waals surface area contributed by atoms with E-state index in [1.54, 1.807) is 24.3 Å². The monoisotopic (exact) mass is 437 g/mol. The fraction of sp³-hybridized carbons (Fsp3) is 0.455. The standard InChI is InChI=1S/C22H28ClNO6/c1-21(2,11-13-25)28-14-12-22(3,4)30-18-8-6-17(7-9-18)29-20-10-5-16(23)15-19(20)24(26)27/h5-10,15,25H,11-14H2,1-4H3. The third-order valence-electron chi connectivity index (χ3n) is 4.47. The van der Waals surface area contributed by atoms with Gasteiger partial charge in [0.1, 0.15) is 17.1 Å². The van der Waals surface area contributed by atoms with E-state index in [1.165, 1.54) is 18.2 Å². The smallest absolute Gasteiger partial charge is 0.313 e. The molecule has 2 aromatic rings. The summed E-state index contributed by atoms with van der Waals surface area (Å²) in [4.78, 5) is 10.6. The quantitative estimate of drug-likeness (QED) is 0.354. The van der Waals surface area contributed by atoms with Crippen LogP contribution >= 0.6 is 11.6 Å². The zero-order valence-corrected chi connectivity index (χ0v) is 18.4. The molecule has 30 heavy (non-hydrogen) atoms. The van der Waals surface area contributed by atoms with Crippen molar-refractivity contribution >= 4 is 17.3 Å². The van der Waals surface area contributed by atoms with Crippen molar-refractivity contribution in [3.8, 4) is 17.2 Å². The Kier molecular flexibility index (Phi) is 8.06. The molecule has 164 valence electrons. The Labute approximate surface area is 181 Å². The molecular weight excluding hydrogens is 410 g/mol. The molecule has 2 rings (SSSR count). The van der Waals surface area contributed by atoms with Crippen molar-refractivity contribution in [3.63, 3.8) is 0 Å². The summed E-state index contributed by atoms with van der Waals surface area (Å²) in [5.74, 6) is 1.20. The Balaban J connectivity index is 1.96. The number of nitrogens with zero attached hydrogens (tertiary/aromatic N) is 1. The molecule has 0 unspecified atom stereocenters. The molecule has 0 aliphatic rings. The van der Waals surface area contributed by atoms with Crippen molar-refractivity contribution in [2.24, 2.45) is 0 Å². The van der Waals surface area contributed by atoms with Gasteiger partial charge in [0, 0.05) is 24.1 Å². The number of hydrogen-bond donors (Lipinski definition) is 1. The predicted octanol–water partition coefficient (Wildman–Crippen LogP) is 5.77. The van der Waals surface area contributed by atoms with Gasteiger partial charge in [0.15, 0.2) is 0 Å². The molecular formula is C22H28ClNO6. The molecule has 0 spiro atoms. The first-order valence-electron chi connectivity index (χ1n) is 9.67. The number of aliphatic hydroxyl groups is 1. The van der Waals surface area contributed by atoms with Crippen LogP contribution in [-0.4, -0.2) is 34.4 Å². The van der Waals surface area contributed by atoms with Crippen LogP contribution < -0.4 is 9.47 Å². The number of nitro groups is 1. The maximum Gasteiger partial charge on any atom is 0.313 e. The van der Waals surface area contributed by atoms with E-state index in [0.717, 1.165) is 0 Å². The fourth-order valence-electron chi connectivity index (χ4n) is 2.71. The van der Waals surface area contributed by atoms with Crippen LogP contribution in [0.4, 0.5) is 5.69 Å². The largest absolute Gasteiger partial charge is 0.488 e. The minimum atomic E-state index is -0.537. The van der Waals surface area contributed by atoms with Gasteiger partial charge in [-0.2, -0.15) is 0 Å². The van der Waals surface area contributed by atoms with Gasteiger partial charge in [-0.3, -0.25) is 10.1 Å². The second-order valence-corrected chi connectivity index (χ2v) is 8.57. The van der Waals surface area contributed by atoms with E-state index in [0.29, 0.717) is 30.9 Å². The lowest BCUT2D eigenvalue weighted by atomic mass is 10.0. The zero-order valence-electron chi connectivity index (χ0n) is 17.7. The highest BCUT2D eigenvalue weighted by molar-refractivity contribution is 6.30. The summed E-state index contributed by atoms with van der Waals surface area (Å²) in [6.07, 6.45) is 1.23. The number of benzene rings is 2. The highest BCUT2D eigenvalue weighted by atomic mass is 35.5. The van der Waals surface area contributed by atoms with Crippen molar-refractivity contribution in [2.45, 2.75) is 51.7 Å². The van der Waals surface area contributed by atoms with Gasteiger partial charge in [0.2, 0.25) is 5.75 Å². The van der Waals surface area contributed by atoms with Gasteiger partial charge < -0.3 is 19.3 Å².